The molecule has 3 N–H and O–H groups in total. The maximum atomic E-state index is 11.0. The molecule has 0 spiro atoms. The van der Waals surface area contributed by atoms with Gasteiger partial charge in [-0.2, -0.15) is 0 Å². The Morgan fingerprint density at radius 1 is 1.64 bits per heavy atom. The fraction of sp³-hybridized carbons (Fsp3) is 0.429. The van der Waals surface area contributed by atoms with Gasteiger partial charge in [0.2, 0.25) is 0 Å². The van der Waals surface area contributed by atoms with Crippen molar-refractivity contribution in [1.82, 2.24) is 14.9 Å². The first kappa shape index (κ1) is 15.6. The lowest BCUT2D eigenvalue weighted by Gasteiger charge is -2.18. The molecule has 2 unspecified atom stereocenters. The molecule has 8 heteroatoms. The van der Waals surface area contributed by atoms with Crippen LogP contribution in [0.1, 0.15) is 5.69 Å². The average molecular weight is 388 g/mol. The molecule has 0 bridgehead atoms. The minimum Gasteiger partial charge on any atom is -0.445 e. The van der Waals surface area contributed by atoms with Crippen molar-refractivity contribution in [2.24, 2.45) is 18.7 Å². The van der Waals surface area contributed by atoms with Crippen LogP contribution < -0.4 is 11.1 Å². The highest BCUT2D eigenvalue weighted by Crippen LogP contribution is 2.32. The largest absolute Gasteiger partial charge is 0.445 e. The molecule has 1 saturated heterocycles. The van der Waals surface area contributed by atoms with Crippen LogP contribution in [0.4, 0.5) is 4.79 Å². The molecule has 2 aromatic rings. The van der Waals surface area contributed by atoms with E-state index in [1.54, 1.807) is 6.20 Å². The van der Waals surface area contributed by atoms with E-state index in [-0.39, 0.29) is 12.0 Å². The number of carbonyl (C=O) groups excluding carboxylic acids is 1. The predicted octanol–water partition coefficient (Wildman–Crippen LogP) is 2.21. The molecule has 1 fully saturated rings. The van der Waals surface area contributed by atoms with Gasteiger partial charge in [-0.25, -0.2) is 9.78 Å². The van der Waals surface area contributed by atoms with Crippen LogP contribution in [0.3, 0.4) is 0 Å². The molecular formula is C14H16BrClN4O2. The maximum Gasteiger partial charge on any atom is 0.404 e. The van der Waals surface area contributed by atoms with E-state index in [0.29, 0.717) is 11.7 Å². The quantitative estimate of drug-likeness (QED) is 0.791. The van der Waals surface area contributed by atoms with Gasteiger partial charge in [0.15, 0.2) is 0 Å². The van der Waals surface area contributed by atoms with Gasteiger partial charge in [0.1, 0.15) is 11.3 Å². The van der Waals surface area contributed by atoms with Crippen LogP contribution >= 0.6 is 27.5 Å². The second-order valence-electron chi connectivity index (χ2n) is 5.45. The number of amides is 1. The van der Waals surface area contributed by atoms with Crippen molar-refractivity contribution >= 4 is 44.5 Å². The molecule has 0 radical (unpaired) electrons. The monoisotopic (exact) mass is 386 g/mol. The Hall–Kier alpha value is -1.31. The first-order chi connectivity index (χ1) is 10.5. The molecule has 1 amide bonds. The molecule has 0 saturated carbocycles. The summed E-state index contributed by atoms with van der Waals surface area (Å²) in [6.45, 7) is 1.42. The Balaban J connectivity index is 1.89. The second kappa shape index (κ2) is 6.06. The lowest BCUT2D eigenvalue weighted by molar-refractivity contribution is 0.0918. The summed E-state index contributed by atoms with van der Waals surface area (Å²) in [7, 11) is 1.99. The number of rotatable bonds is 3. The van der Waals surface area contributed by atoms with Crippen molar-refractivity contribution in [2.75, 3.05) is 13.1 Å². The van der Waals surface area contributed by atoms with Crippen LogP contribution in [0, 0.1) is 5.92 Å². The molecule has 1 aliphatic rings. The number of primary amides is 1. The van der Waals surface area contributed by atoms with Gasteiger partial charge in [-0.15, -0.1) is 0 Å². The second-order valence-corrected chi connectivity index (χ2v) is 6.61. The van der Waals surface area contributed by atoms with E-state index in [2.05, 4.69) is 36.9 Å². The van der Waals surface area contributed by atoms with Gasteiger partial charge in [-0.3, -0.25) is 0 Å². The zero-order chi connectivity index (χ0) is 15.9. The van der Waals surface area contributed by atoms with Crippen molar-refractivity contribution in [3.05, 3.63) is 27.6 Å². The zero-order valence-corrected chi connectivity index (χ0v) is 14.3. The first-order valence-electron chi connectivity index (χ1n) is 6.92. The topological polar surface area (TPSA) is 82.2 Å². The molecule has 6 nitrogen and oxygen atoms in total. The van der Waals surface area contributed by atoms with Crippen LogP contribution in [-0.2, 0) is 18.2 Å². The molecular weight excluding hydrogens is 372 g/mol. The number of carbonyl (C=O) groups is 1. The first-order valence-corrected chi connectivity index (χ1v) is 8.09. The smallest absolute Gasteiger partial charge is 0.404 e. The zero-order valence-electron chi connectivity index (χ0n) is 12.0. The number of hydrogen-bond donors (Lipinski definition) is 2. The highest BCUT2D eigenvalue weighted by atomic mass is 79.9. The summed E-state index contributed by atoms with van der Waals surface area (Å²) in [5, 5.41) is 4.71. The Labute approximate surface area is 141 Å². The molecule has 2 aromatic heterocycles. The number of fused-ring (bicyclic) bond motifs is 1. The van der Waals surface area contributed by atoms with Crippen molar-refractivity contribution in [2.45, 2.75) is 12.5 Å². The van der Waals surface area contributed by atoms with E-state index in [1.165, 1.54) is 0 Å². The van der Waals surface area contributed by atoms with Crippen LogP contribution in [-0.4, -0.2) is 34.8 Å². The van der Waals surface area contributed by atoms with E-state index >= 15 is 0 Å². The van der Waals surface area contributed by atoms with Gasteiger partial charge in [0.05, 0.1) is 16.2 Å². The highest BCUT2D eigenvalue weighted by molar-refractivity contribution is 9.10. The number of nitrogens with one attached hydrogen (secondary N) is 1. The molecule has 2 atom stereocenters. The van der Waals surface area contributed by atoms with E-state index in [0.717, 1.165) is 34.0 Å². The van der Waals surface area contributed by atoms with Crippen LogP contribution in [0.15, 0.2) is 16.7 Å². The summed E-state index contributed by atoms with van der Waals surface area (Å²) in [6, 6.07) is 2.09. The predicted molar refractivity (Wildman–Crippen MR) is 87.9 cm³/mol. The summed E-state index contributed by atoms with van der Waals surface area (Å²) >= 11 is 9.53. The summed E-state index contributed by atoms with van der Waals surface area (Å²) in [5.74, 6) is 0.192. The number of ether oxygens (including phenoxy) is 1. The lowest BCUT2D eigenvalue weighted by Crippen LogP contribution is -2.30. The number of aryl methyl sites for hydroxylation is 1. The van der Waals surface area contributed by atoms with Crippen LogP contribution in [0.5, 0.6) is 0 Å². The van der Waals surface area contributed by atoms with E-state index in [1.807, 2.05) is 7.05 Å². The van der Waals surface area contributed by atoms with E-state index in [9.17, 15) is 4.79 Å². The summed E-state index contributed by atoms with van der Waals surface area (Å²) in [4.78, 5) is 15.1. The van der Waals surface area contributed by atoms with Crippen molar-refractivity contribution in [1.29, 1.82) is 0 Å². The third-order valence-corrected chi connectivity index (χ3v) is 5.43. The minimum atomic E-state index is -0.727. The molecule has 1 aliphatic heterocycles. The molecule has 3 heterocycles. The molecule has 0 aromatic carbocycles. The van der Waals surface area contributed by atoms with Crippen molar-refractivity contribution in [3.63, 3.8) is 0 Å². The normalized spacial score (nSPS) is 21.4. The average Bonchev–Trinajstić information content (AvgIpc) is 3.01. The van der Waals surface area contributed by atoms with E-state index in [4.69, 9.17) is 22.1 Å². The van der Waals surface area contributed by atoms with Gasteiger partial charge in [0, 0.05) is 37.1 Å². The molecule has 3 rings (SSSR count). The standard InChI is InChI=1S/C14H16BrClN4O2/c1-20-8(2-7-4-18-6-11(7)22-14(17)21)3-9-10(20)5-19-13(16)12(9)15/h3,5,7,11,18H,2,4,6H2,1H3,(H2,17,21). The third kappa shape index (κ3) is 2.80. The van der Waals surface area contributed by atoms with Gasteiger partial charge in [0.25, 0.3) is 0 Å². The van der Waals surface area contributed by atoms with Crippen molar-refractivity contribution in [3.8, 4) is 0 Å². The van der Waals surface area contributed by atoms with Crippen molar-refractivity contribution < 1.29 is 9.53 Å². The number of pyridine rings is 1. The van der Waals surface area contributed by atoms with Gasteiger partial charge < -0.3 is 20.4 Å². The maximum absolute atomic E-state index is 11.0. The third-order valence-electron chi connectivity index (χ3n) is 4.11. The van der Waals surface area contributed by atoms with Gasteiger partial charge in [-0.05, 0) is 28.4 Å². The fourth-order valence-corrected chi connectivity index (χ4v) is 3.53. The summed E-state index contributed by atoms with van der Waals surface area (Å²) in [6.07, 6.45) is 1.62. The minimum absolute atomic E-state index is 0.192. The van der Waals surface area contributed by atoms with Gasteiger partial charge in [-0.1, -0.05) is 11.6 Å². The van der Waals surface area contributed by atoms with Crippen LogP contribution in [0.2, 0.25) is 5.15 Å². The van der Waals surface area contributed by atoms with E-state index < -0.39 is 6.09 Å². The number of hydrogen-bond acceptors (Lipinski definition) is 4. The Kier molecular flexibility index (Phi) is 4.29. The Bertz CT molecular complexity index is 733. The lowest BCUT2D eigenvalue weighted by atomic mass is 10.00. The number of nitrogens with zero attached hydrogens (tertiary/aromatic N) is 2. The fourth-order valence-electron chi connectivity index (χ4n) is 2.95. The highest BCUT2D eigenvalue weighted by Gasteiger charge is 2.30. The molecule has 0 aliphatic carbocycles. The number of aromatic nitrogens is 2. The summed E-state index contributed by atoms with van der Waals surface area (Å²) < 4.78 is 8.06. The summed E-state index contributed by atoms with van der Waals surface area (Å²) in [5.41, 5.74) is 7.27. The molecule has 22 heavy (non-hydrogen) atoms. The number of halogens is 2. The van der Waals surface area contributed by atoms with Crippen LogP contribution in [0.25, 0.3) is 10.9 Å². The SMILES string of the molecule is Cn1c(CC2CNCC2OC(N)=O)cc2c(Br)c(Cl)ncc21. The van der Waals surface area contributed by atoms with Gasteiger partial charge >= 0.3 is 6.09 Å². The molecule has 118 valence electrons. The number of nitrogens with two attached hydrogens (primary N) is 1. The Morgan fingerprint density at radius 3 is 3.14 bits per heavy atom. The Morgan fingerprint density at radius 2 is 2.41 bits per heavy atom.